The van der Waals surface area contributed by atoms with Crippen LogP contribution in [-0.2, 0) is 0 Å². The van der Waals surface area contributed by atoms with E-state index < -0.39 is 0 Å². The second kappa shape index (κ2) is 5.56. The Balaban J connectivity index is 2.84. The van der Waals surface area contributed by atoms with Gasteiger partial charge in [-0.05, 0) is 30.5 Å². The molecule has 0 aliphatic heterocycles. The Bertz CT molecular complexity index is 344. The lowest BCUT2D eigenvalue weighted by atomic mass is 9.88. The summed E-state index contributed by atoms with van der Waals surface area (Å²) in [5, 5.41) is 0.418. The smallest absolute Gasteiger partial charge is 0.0292 e. The molecule has 1 rings (SSSR count). The molecule has 0 aliphatic carbocycles. The lowest BCUT2D eigenvalue weighted by Crippen LogP contribution is -2.38. The second-order valence-corrected chi connectivity index (χ2v) is 7.35. The van der Waals surface area contributed by atoms with Crippen LogP contribution in [0.25, 0.3) is 0 Å². The molecule has 0 radical (unpaired) electrons. The minimum Gasteiger partial charge on any atom is -0.327 e. The number of hydrogen-bond donors (Lipinski definition) is 1. The van der Waals surface area contributed by atoms with Gasteiger partial charge >= 0.3 is 0 Å². The van der Waals surface area contributed by atoms with E-state index in [4.69, 9.17) is 5.73 Å². The van der Waals surface area contributed by atoms with Crippen molar-refractivity contribution >= 4 is 27.7 Å². The highest BCUT2D eigenvalue weighted by Gasteiger charge is 2.28. The molecule has 1 aromatic rings. The summed E-state index contributed by atoms with van der Waals surface area (Å²) >= 11 is 5.36. The van der Waals surface area contributed by atoms with Gasteiger partial charge in [0.2, 0.25) is 0 Å². The molecule has 3 heteroatoms. The topological polar surface area (TPSA) is 26.0 Å². The predicted octanol–water partition coefficient (Wildman–Crippen LogP) is 4.30. The summed E-state index contributed by atoms with van der Waals surface area (Å²) in [5.41, 5.74) is 6.29. The standard InChI is InChI=1S/C13H20BrNS/c1-9(15)12(13(2,3)4)16-11-7-5-6-10(14)8-11/h5-9,12H,15H2,1-4H3. The summed E-state index contributed by atoms with van der Waals surface area (Å²) in [7, 11) is 0. The molecule has 16 heavy (non-hydrogen) atoms. The summed E-state index contributed by atoms with van der Waals surface area (Å²) in [6.07, 6.45) is 0. The Labute approximate surface area is 111 Å². The van der Waals surface area contributed by atoms with Crippen molar-refractivity contribution in [2.75, 3.05) is 0 Å². The van der Waals surface area contributed by atoms with E-state index >= 15 is 0 Å². The quantitative estimate of drug-likeness (QED) is 0.842. The normalized spacial score (nSPS) is 15.9. The van der Waals surface area contributed by atoms with Crippen LogP contribution in [0.15, 0.2) is 33.6 Å². The van der Waals surface area contributed by atoms with E-state index in [9.17, 15) is 0 Å². The molecular formula is C13H20BrNS. The average molecular weight is 302 g/mol. The largest absolute Gasteiger partial charge is 0.327 e. The van der Waals surface area contributed by atoms with E-state index in [2.05, 4.69) is 61.8 Å². The molecule has 0 heterocycles. The van der Waals surface area contributed by atoms with Crippen LogP contribution >= 0.6 is 27.7 Å². The van der Waals surface area contributed by atoms with Crippen LogP contribution in [0, 0.1) is 5.41 Å². The summed E-state index contributed by atoms with van der Waals surface area (Å²) in [6, 6.07) is 8.57. The first-order valence-corrected chi connectivity index (χ1v) is 7.16. The molecule has 2 unspecified atom stereocenters. The summed E-state index contributed by atoms with van der Waals surface area (Å²) in [6.45, 7) is 8.81. The van der Waals surface area contributed by atoms with Gasteiger partial charge < -0.3 is 5.73 Å². The summed E-state index contributed by atoms with van der Waals surface area (Å²) < 4.78 is 1.12. The Morgan fingerprint density at radius 1 is 1.31 bits per heavy atom. The zero-order chi connectivity index (χ0) is 12.3. The maximum atomic E-state index is 6.08. The average Bonchev–Trinajstić information content (AvgIpc) is 2.12. The van der Waals surface area contributed by atoms with Gasteiger partial charge in [-0.3, -0.25) is 0 Å². The van der Waals surface area contributed by atoms with Gasteiger partial charge in [0.05, 0.1) is 0 Å². The Kier molecular flexibility index (Phi) is 4.89. The molecule has 0 spiro atoms. The number of halogens is 1. The first-order chi connectivity index (χ1) is 7.30. The van der Waals surface area contributed by atoms with Gasteiger partial charge in [-0.25, -0.2) is 0 Å². The fourth-order valence-corrected chi connectivity index (χ4v) is 3.52. The van der Waals surface area contributed by atoms with Crippen LogP contribution in [0.2, 0.25) is 0 Å². The summed E-state index contributed by atoms with van der Waals surface area (Å²) in [5.74, 6) is 0. The van der Waals surface area contributed by atoms with Gasteiger partial charge in [0.1, 0.15) is 0 Å². The van der Waals surface area contributed by atoms with E-state index in [1.807, 2.05) is 17.8 Å². The van der Waals surface area contributed by atoms with E-state index in [-0.39, 0.29) is 11.5 Å². The molecule has 90 valence electrons. The van der Waals surface area contributed by atoms with Gasteiger partial charge in [-0.15, -0.1) is 11.8 Å². The SMILES string of the molecule is CC(N)C(Sc1cccc(Br)c1)C(C)(C)C. The van der Waals surface area contributed by atoms with Crippen molar-refractivity contribution in [3.63, 3.8) is 0 Å². The summed E-state index contributed by atoms with van der Waals surface area (Å²) in [4.78, 5) is 1.27. The molecule has 1 aromatic carbocycles. The fourth-order valence-electron chi connectivity index (χ4n) is 1.76. The molecule has 0 fully saturated rings. The Morgan fingerprint density at radius 3 is 2.38 bits per heavy atom. The second-order valence-electron chi connectivity index (χ2n) is 5.22. The highest BCUT2D eigenvalue weighted by Crippen LogP contribution is 2.37. The molecule has 0 saturated carbocycles. The van der Waals surface area contributed by atoms with Gasteiger partial charge in [-0.2, -0.15) is 0 Å². The monoisotopic (exact) mass is 301 g/mol. The zero-order valence-electron chi connectivity index (χ0n) is 10.3. The van der Waals surface area contributed by atoms with Crippen molar-refractivity contribution in [3.05, 3.63) is 28.7 Å². The van der Waals surface area contributed by atoms with Crippen molar-refractivity contribution in [3.8, 4) is 0 Å². The van der Waals surface area contributed by atoms with Crippen LogP contribution in [0.3, 0.4) is 0 Å². The van der Waals surface area contributed by atoms with Gasteiger partial charge in [0.15, 0.2) is 0 Å². The van der Waals surface area contributed by atoms with Crippen LogP contribution in [0.5, 0.6) is 0 Å². The lowest BCUT2D eigenvalue weighted by Gasteiger charge is -2.33. The van der Waals surface area contributed by atoms with Crippen LogP contribution in [0.1, 0.15) is 27.7 Å². The molecule has 1 nitrogen and oxygen atoms in total. The van der Waals surface area contributed by atoms with Gasteiger partial charge in [-0.1, -0.05) is 42.8 Å². The molecule has 2 atom stereocenters. The molecule has 0 bridgehead atoms. The number of benzene rings is 1. The first kappa shape index (κ1) is 14.1. The third kappa shape index (κ3) is 4.11. The maximum Gasteiger partial charge on any atom is 0.0292 e. The number of nitrogens with two attached hydrogens (primary N) is 1. The molecule has 0 saturated heterocycles. The Morgan fingerprint density at radius 2 is 1.94 bits per heavy atom. The number of thioether (sulfide) groups is 1. The molecule has 0 aromatic heterocycles. The van der Waals surface area contributed by atoms with Gasteiger partial charge in [0, 0.05) is 20.7 Å². The minimum atomic E-state index is 0.184. The van der Waals surface area contributed by atoms with E-state index in [0.717, 1.165) is 4.47 Å². The van der Waals surface area contributed by atoms with Crippen molar-refractivity contribution < 1.29 is 0 Å². The lowest BCUT2D eigenvalue weighted by molar-refractivity contribution is 0.363. The first-order valence-electron chi connectivity index (χ1n) is 5.48. The molecule has 2 N–H and O–H groups in total. The predicted molar refractivity (Wildman–Crippen MR) is 76.9 cm³/mol. The minimum absolute atomic E-state index is 0.184. The van der Waals surface area contributed by atoms with E-state index in [0.29, 0.717) is 5.25 Å². The number of hydrogen-bond acceptors (Lipinski definition) is 2. The Hall–Kier alpha value is 0.01000. The van der Waals surface area contributed by atoms with E-state index in [1.54, 1.807) is 0 Å². The number of rotatable bonds is 3. The molecule has 0 amide bonds. The fraction of sp³-hybridized carbons (Fsp3) is 0.538. The maximum absolute atomic E-state index is 6.08. The van der Waals surface area contributed by atoms with Crippen molar-refractivity contribution in [1.82, 2.24) is 0 Å². The zero-order valence-corrected chi connectivity index (χ0v) is 12.7. The van der Waals surface area contributed by atoms with Crippen LogP contribution in [0.4, 0.5) is 0 Å². The highest BCUT2D eigenvalue weighted by atomic mass is 79.9. The van der Waals surface area contributed by atoms with Crippen LogP contribution < -0.4 is 5.73 Å². The van der Waals surface area contributed by atoms with Gasteiger partial charge in [0.25, 0.3) is 0 Å². The van der Waals surface area contributed by atoms with Crippen molar-refractivity contribution in [2.45, 2.75) is 43.9 Å². The molecular weight excluding hydrogens is 282 g/mol. The molecule has 0 aliphatic rings. The third-order valence-corrected chi connectivity index (χ3v) is 4.80. The van der Waals surface area contributed by atoms with E-state index in [1.165, 1.54) is 4.90 Å². The van der Waals surface area contributed by atoms with Crippen molar-refractivity contribution in [1.29, 1.82) is 0 Å². The van der Waals surface area contributed by atoms with Crippen LogP contribution in [-0.4, -0.2) is 11.3 Å². The highest BCUT2D eigenvalue weighted by molar-refractivity contribution is 9.10. The van der Waals surface area contributed by atoms with Crippen molar-refractivity contribution in [2.24, 2.45) is 11.1 Å². The third-order valence-electron chi connectivity index (χ3n) is 2.39.